The van der Waals surface area contributed by atoms with Gasteiger partial charge < -0.3 is 26.2 Å². The molecule has 3 aromatic heterocycles. The first-order chi connectivity index (χ1) is 21.7. The van der Waals surface area contributed by atoms with E-state index in [0.717, 1.165) is 43.0 Å². The number of alkyl halides is 3. The van der Waals surface area contributed by atoms with Gasteiger partial charge in [0.15, 0.2) is 11.6 Å². The number of halogens is 3. The lowest BCUT2D eigenvalue weighted by atomic mass is 10.1. The van der Waals surface area contributed by atoms with Gasteiger partial charge in [-0.25, -0.2) is 19.9 Å². The molecular weight excluding hydrogens is 585 g/mol. The number of nitrogens with one attached hydrogen (secondary N) is 2. The molecule has 11 nitrogen and oxygen atoms in total. The van der Waals surface area contributed by atoms with Gasteiger partial charge in [0.1, 0.15) is 23.2 Å². The fourth-order valence-electron chi connectivity index (χ4n) is 5.08. The number of pyridine rings is 1. The molecule has 2 aromatic carbocycles. The van der Waals surface area contributed by atoms with Crippen LogP contribution in [0.2, 0.25) is 0 Å². The van der Waals surface area contributed by atoms with E-state index in [-0.39, 0.29) is 17.1 Å². The van der Waals surface area contributed by atoms with Crippen LogP contribution in [0.25, 0.3) is 11.0 Å². The number of carbonyl (C=O) groups excluding carboxylic acids is 1. The topological polar surface area (TPSA) is 138 Å². The molecule has 1 amide bonds. The summed E-state index contributed by atoms with van der Waals surface area (Å²) in [5.41, 5.74) is 7.88. The summed E-state index contributed by atoms with van der Waals surface area (Å²) in [6.07, 6.45) is -0.537. The standard InChI is InChI=1S/C31H29F3N10O/c1-19-9-10-20(29(45)39-22-7-4-6-21(17-22)31(32,33)34)16-23(19)40-28-26-25(37-18-38-28)27(35)42-30(41-26)44-13-5-12-43(14-15-44)24-8-2-3-11-36-24/h2-4,6-11,16-18H,5,12-15H2,1H3,(H,39,45)(H2,35,41,42)(H,37,38,40). The van der Waals surface area contributed by atoms with Crippen LogP contribution in [0.5, 0.6) is 0 Å². The first-order valence-electron chi connectivity index (χ1n) is 14.2. The van der Waals surface area contributed by atoms with Crippen molar-refractivity contribution >= 4 is 51.7 Å². The minimum Gasteiger partial charge on any atom is -0.382 e. The van der Waals surface area contributed by atoms with Gasteiger partial charge in [0.2, 0.25) is 5.95 Å². The predicted molar refractivity (Wildman–Crippen MR) is 167 cm³/mol. The highest BCUT2D eigenvalue weighted by Gasteiger charge is 2.30. The SMILES string of the molecule is Cc1ccc(C(=O)Nc2cccc(C(F)(F)F)c2)cc1Nc1ncnc2c(N)nc(N3CCCN(c4ccccn4)CC3)nc12. The number of aromatic nitrogens is 5. The van der Waals surface area contributed by atoms with E-state index in [1.165, 1.54) is 18.5 Å². The van der Waals surface area contributed by atoms with Gasteiger partial charge in [-0.15, -0.1) is 0 Å². The number of rotatable bonds is 6. The number of hydrogen-bond donors (Lipinski definition) is 3. The highest BCUT2D eigenvalue weighted by Crippen LogP contribution is 2.32. The Bertz CT molecular complexity index is 1850. The molecule has 1 aliphatic heterocycles. The lowest BCUT2D eigenvalue weighted by molar-refractivity contribution is -0.137. The molecule has 1 aliphatic rings. The zero-order valence-electron chi connectivity index (χ0n) is 24.2. The number of benzene rings is 2. The molecule has 0 unspecified atom stereocenters. The molecule has 0 spiro atoms. The van der Waals surface area contributed by atoms with Crippen LogP contribution in [0, 0.1) is 6.92 Å². The van der Waals surface area contributed by atoms with Crippen molar-refractivity contribution in [2.24, 2.45) is 0 Å². The fraction of sp³-hybridized carbons (Fsp3) is 0.226. The molecule has 45 heavy (non-hydrogen) atoms. The third-order valence-corrected chi connectivity index (χ3v) is 7.45. The van der Waals surface area contributed by atoms with E-state index in [1.807, 2.05) is 25.1 Å². The molecule has 0 radical (unpaired) electrons. The van der Waals surface area contributed by atoms with Gasteiger partial charge in [-0.05, 0) is 61.4 Å². The van der Waals surface area contributed by atoms with Gasteiger partial charge in [0.05, 0.1) is 5.56 Å². The fourth-order valence-corrected chi connectivity index (χ4v) is 5.08. The molecule has 0 aliphatic carbocycles. The Kier molecular flexibility index (Phi) is 8.02. The average molecular weight is 615 g/mol. The third-order valence-electron chi connectivity index (χ3n) is 7.45. The average Bonchev–Trinajstić information content (AvgIpc) is 3.29. The van der Waals surface area contributed by atoms with Gasteiger partial charge in [0.25, 0.3) is 5.91 Å². The molecule has 1 saturated heterocycles. The predicted octanol–water partition coefficient (Wildman–Crippen LogP) is 5.44. The highest BCUT2D eigenvalue weighted by molar-refractivity contribution is 6.05. The van der Waals surface area contributed by atoms with E-state index in [4.69, 9.17) is 10.7 Å². The molecule has 4 N–H and O–H groups in total. The second-order valence-corrected chi connectivity index (χ2v) is 10.5. The normalized spacial score (nSPS) is 13.9. The van der Waals surface area contributed by atoms with E-state index in [9.17, 15) is 18.0 Å². The van der Waals surface area contributed by atoms with Crippen LogP contribution < -0.4 is 26.2 Å². The largest absolute Gasteiger partial charge is 0.416 e. The molecule has 230 valence electrons. The van der Waals surface area contributed by atoms with Gasteiger partial charge in [0, 0.05) is 49.3 Å². The monoisotopic (exact) mass is 614 g/mol. The number of fused-ring (bicyclic) bond motifs is 1. The van der Waals surface area contributed by atoms with E-state index >= 15 is 0 Å². The number of hydrogen-bond acceptors (Lipinski definition) is 10. The minimum atomic E-state index is -4.53. The molecule has 5 aromatic rings. The summed E-state index contributed by atoms with van der Waals surface area (Å²) < 4.78 is 39.4. The lowest BCUT2D eigenvalue weighted by Crippen LogP contribution is -2.32. The lowest BCUT2D eigenvalue weighted by Gasteiger charge is -2.23. The molecule has 6 rings (SSSR count). The van der Waals surface area contributed by atoms with E-state index in [2.05, 4.69) is 40.4 Å². The number of aryl methyl sites for hydroxylation is 1. The number of nitrogens with zero attached hydrogens (tertiary/aromatic N) is 7. The van der Waals surface area contributed by atoms with Crippen LogP contribution in [-0.2, 0) is 6.18 Å². The number of nitrogens with two attached hydrogens (primary N) is 1. The smallest absolute Gasteiger partial charge is 0.382 e. The molecule has 4 heterocycles. The maximum absolute atomic E-state index is 13.1. The van der Waals surface area contributed by atoms with Crippen molar-refractivity contribution in [1.82, 2.24) is 24.9 Å². The van der Waals surface area contributed by atoms with E-state index < -0.39 is 17.6 Å². The molecule has 0 atom stereocenters. The van der Waals surface area contributed by atoms with Crippen molar-refractivity contribution in [3.63, 3.8) is 0 Å². The van der Waals surface area contributed by atoms with Crippen molar-refractivity contribution in [1.29, 1.82) is 0 Å². The zero-order valence-corrected chi connectivity index (χ0v) is 24.2. The Labute approximate surface area is 256 Å². The van der Waals surface area contributed by atoms with Crippen LogP contribution in [0.15, 0.2) is 73.2 Å². The number of amides is 1. The Hall–Kier alpha value is -5.53. The van der Waals surface area contributed by atoms with E-state index in [1.54, 1.807) is 24.4 Å². The number of nitrogen functional groups attached to an aromatic ring is 1. The summed E-state index contributed by atoms with van der Waals surface area (Å²) in [5.74, 6) is 1.36. The van der Waals surface area contributed by atoms with Crippen molar-refractivity contribution in [2.75, 3.05) is 52.3 Å². The molecule has 14 heteroatoms. The van der Waals surface area contributed by atoms with Crippen molar-refractivity contribution in [2.45, 2.75) is 19.5 Å². The zero-order chi connectivity index (χ0) is 31.6. The van der Waals surface area contributed by atoms with Gasteiger partial charge >= 0.3 is 6.18 Å². The van der Waals surface area contributed by atoms with Gasteiger partial charge in [-0.3, -0.25) is 4.79 Å². The third kappa shape index (κ3) is 6.54. The first kappa shape index (κ1) is 29.5. The van der Waals surface area contributed by atoms with Crippen LogP contribution in [0.3, 0.4) is 0 Å². The molecule has 0 bridgehead atoms. The first-order valence-corrected chi connectivity index (χ1v) is 14.2. The van der Waals surface area contributed by atoms with Crippen LogP contribution in [-0.4, -0.2) is 57.0 Å². The summed E-state index contributed by atoms with van der Waals surface area (Å²) in [7, 11) is 0. The van der Waals surface area contributed by atoms with Crippen molar-refractivity contribution < 1.29 is 18.0 Å². The summed E-state index contributed by atoms with van der Waals surface area (Å²) in [6.45, 7) is 4.78. The van der Waals surface area contributed by atoms with Crippen molar-refractivity contribution in [3.05, 3.63) is 89.9 Å². The van der Waals surface area contributed by atoms with Crippen LogP contribution in [0.1, 0.15) is 27.9 Å². The van der Waals surface area contributed by atoms with Crippen LogP contribution >= 0.6 is 0 Å². The maximum atomic E-state index is 13.1. The van der Waals surface area contributed by atoms with Crippen LogP contribution in [0.4, 0.5) is 47.9 Å². The second kappa shape index (κ2) is 12.2. The quantitative estimate of drug-likeness (QED) is 0.227. The Morgan fingerprint density at radius 2 is 1.71 bits per heavy atom. The van der Waals surface area contributed by atoms with E-state index in [0.29, 0.717) is 41.6 Å². The summed E-state index contributed by atoms with van der Waals surface area (Å²) in [4.78, 5) is 39.8. The summed E-state index contributed by atoms with van der Waals surface area (Å²) >= 11 is 0. The second-order valence-electron chi connectivity index (χ2n) is 10.5. The van der Waals surface area contributed by atoms with Gasteiger partial charge in [-0.1, -0.05) is 18.2 Å². The molecular formula is C31H29F3N10O. The van der Waals surface area contributed by atoms with Crippen molar-refractivity contribution in [3.8, 4) is 0 Å². The highest BCUT2D eigenvalue weighted by atomic mass is 19.4. The number of carbonyl (C=O) groups is 1. The molecule has 1 fully saturated rings. The number of anilines is 6. The van der Waals surface area contributed by atoms with Gasteiger partial charge in [-0.2, -0.15) is 18.2 Å². The summed E-state index contributed by atoms with van der Waals surface area (Å²) in [5, 5.41) is 5.78. The Morgan fingerprint density at radius 1 is 0.889 bits per heavy atom. The minimum absolute atomic E-state index is 0.0306. The Morgan fingerprint density at radius 3 is 2.51 bits per heavy atom. The summed E-state index contributed by atoms with van der Waals surface area (Å²) in [6, 6.07) is 15.2. The maximum Gasteiger partial charge on any atom is 0.416 e. The molecule has 0 saturated carbocycles. The Balaban J connectivity index is 1.25.